The Morgan fingerprint density at radius 1 is 1.11 bits per heavy atom. The van der Waals surface area contributed by atoms with Crippen molar-refractivity contribution >= 4 is 29.1 Å². The molecule has 1 aromatic heterocycles. The smallest absolute Gasteiger partial charge is 0.234 e. The van der Waals surface area contributed by atoms with Crippen LogP contribution in [0.1, 0.15) is 22.8 Å². The van der Waals surface area contributed by atoms with Crippen molar-refractivity contribution in [1.29, 1.82) is 0 Å². The number of aromatic nitrogens is 3. The summed E-state index contributed by atoms with van der Waals surface area (Å²) in [7, 11) is 1.88. The molecule has 0 aliphatic carbocycles. The minimum absolute atomic E-state index is 0.0387. The molecule has 2 aromatic carbocycles. The molecule has 0 aliphatic heterocycles. The summed E-state index contributed by atoms with van der Waals surface area (Å²) >= 11 is 1.31. The van der Waals surface area contributed by atoms with Gasteiger partial charge in [0.25, 0.3) is 0 Å². The lowest BCUT2D eigenvalue weighted by Crippen LogP contribution is -2.14. The van der Waals surface area contributed by atoms with Gasteiger partial charge in [0.15, 0.2) is 16.8 Å². The topological polar surface area (TPSA) is 76.9 Å². The average Bonchev–Trinajstić information content (AvgIpc) is 3.01. The molecule has 0 fully saturated rings. The predicted octanol–water partition coefficient (Wildman–Crippen LogP) is 3.72. The van der Waals surface area contributed by atoms with E-state index < -0.39 is 0 Å². The van der Waals surface area contributed by atoms with Gasteiger partial charge in [0.1, 0.15) is 0 Å². The molecule has 0 spiro atoms. The fourth-order valence-electron chi connectivity index (χ4n) is 2.62. The largest absolute Gasteiger partial charge is 0.325 e. The lowest BCUT2D eigenvalue weighted by Gasteiger charge is -2.07. The minimum atomic E-state index is -0.166. The molecular weight excluding hydrogens is 360 g/mol. The molecule has 0 aliphatic rings. The minimum Gasteiger partial charge on any atom is -0.325 e. The SMILES string of the molecule is CC(=O)c1cccc(NC(=O)CSc2nnc(-c3cccc(C)c3)n2C)c1. The van der Waals surface area contributed by atoms with Gasteiger partial charge in [-0.05, 0) is 32.0 Å². The molecule has 1 N–H and O–H groups in total. The Morgan fingerprint density at radius 2 is 1.89 bits per heavy atom. The van der Waals surface area contributed by atoms with Crippen molar-refractivity contribution in [1.82, 2.24) is 14.8 Å². The van der Waals surface area contributed by atoms with Crippen LogP contribution in [0.2, 0.25) is 0 Å². The van der Waals surface area contributed by atoms with E-state index in [9.17, 15) is 9.59 Å². The van der Waals surface area contributed by atoms with E-state index in [0.29, 0.717) is 16.4 Å². The molecular formula is C20H20N4O2S. The quantitative estimate of drug-likeness (QED) is 0.521. The van der Waals surface area contributed by atoms with E-state index in [-0.39, 0.29) is 17.4 Å². The Hall–Kier alpha value is -2.93. The number of thioether (sulfide) groups is 1. The highest BCUT2D eigenvalue weighted by Gasteiger charge is 2.13. The zero-order valence-corrected chi connectivity index (χ0v) is 16.2. The summed E-state index contributed by atoms with van der Waals surface area (Å²) in [5.74, 6) is 0.754. The average molecular weight is 380 g/mol. The molecule has 1 heterocycles. The third-order valence-electron chi connectivity index (χ3n) is 4.00. The summed E-state index contributed by atoms with van der Waals surface area (Å²) in [6.07, 6.45) is 0. The van der Waals surface area contributed by atoms with Crippen molar-refractivity contribution in [3.05, 3.63) is 59.7 Å². The molecule has 0 radical (unpaired) electrons. The lowest BCUT2D eigenvalue weighted by molar-refractivity contribution is -0.113. The van der Waals surface area contributed by atoms with Gasteiger partial charge >= 0.3 is 0 Å². The fourth-order valence-corrected chi connectivity index (χ4v) is 3.33. The van der Waals surface area contributed by atoms with Crippen molar-refractivity contribution in [2.75, 3.05) is 11.1 Å². The van der Waals surface area contributed by atoms with Crippen molar-refractivity contribution in [2.45, 2.75) is 19.0 Å². The molecule has 3 aromatic rings. The summed E-state index contributed by atoms with van der Waals surface area (Å²) in [5, 5.41) is 11.9. The molecule has 138 valence electrons. The van der Waals surface area contributed by atoms with Crippen molar-refractivity contribution in [2.24, 2.45) is 7.05 Å². The van der Waals surface area contributed by atoms with Crippen LogP contribution in [-0.2, 0) is 11.8 Å². The van der Waals surface area contributed by atoms with Gasteiger partial charge in [0.2, 0.25) is 5.91 Å². The summed E-state index contributed by atoms with van der Waals surface area (Å²) < 4.78 is 1.88. The number of carbonyl (C=O) groups is 2. The molecule has 1 amide bonds. The van der Waals surface area contributed by atoms with Gasteiger partial charge in [-0.25, -0.2) is 0 Å². The fraction of sp³-hybridized carbons (Fsp3) is 0.200. The highest BCUT2D eigenvalue weighted by atomic mass is 32.2. The van der Waals surface area contributed by atoms with E-state index in [2.05, 4.69) is 15.5 Å². The predicted molar refractivity (Wildman–Crippen MR) is 107 cm³/mol. The van der Waals surface area contributed by atoms with Gasteiger partial charge in [-0.3, -0.25) is 9.59 Å². The van der Waals surface area contributed by atoms with Crippen LogP contribution in [0, 0.1) is 6.92 Å². The van der Waals surface area contributed by atoms with E-state index in [4.69, 9.17) is 0 Å². The van der Waals surface area contributed by atoms with Crippen LogP contribution in [0.4, 0.5) is 5.69 Å². The summed E-state index contributed by atoms with van der Waals surface area (Å²) in [6, 6.07) is 14.9. The maximum Gasteiger partial charge on any atom is 0.234 e. The molecule has 7 heteroatoms. The Labute approximate surface area is 162 Å². The van der Waals surface area contributed by atoms with Crippen molar-refractivity contribution in [3.8, 4) is 11.4 Å². The number of Topliss-reactive ketones (excluding diaryl/α,β-unsaturated/α-hetero) is 1. The van der Waals surface area contributed by atoms with Crippen LogP contribution < -0.4 is 5.32 Å². The Kier molecular flexibility index (Phi) is 5.71. The third-order valence-corrected chi connectivity index (χ3v) is 5.02. The van der Waals surface area contributed by atoms with E-state index in [1.807, 2.05) is 42.8 Å². The lowest BCUT2D eigenvalue weighted by atomic mass is 10.1. The number of benzene rings is 2. The third kappa shape index (κ3) is 4.62. The first-order valence-electron chi connectivity index (χ1n) is 8.44. The normalized spacial score (nSPS) is 10.6. The molecule has 0 saturated heterocycles. The van der Waals surface area contributed by atoms with E-state index in [1.54, 1.807) is 24.3 Å². The second kappa shape index (κ2) is 8.18. The summed E-state index contributed by atoms with van der Waals surface area (Å²) in [6.45, 7) is 3.53. The highest BCUT2D eigenvalue weighted by Crippen LogP contribution is 2.23. The molecule has 6 nitrogen and oxygen atoms in total. The standard InChI is InChI=1S/C20H20N4O2S/c1-13-6-4-8-16(10-13)19-22-23-20(24(19)3)27-12-18(26)21-17-9-5-7-15(11-17)14(2)25/h4-11H,12H2,1-3H3,(H,21,26). The van der Waals surface area contributed by atoms with Crippen LogP contribution >= 0.6 is 11.8 Å². The van der Waals surface area contributed by atoms with Gasteiger partial charge in [-0.1, -0.05) is 47.7 Å². The van der Waals surface area contributed by atoms with Gasteiger partial charge in [-0.2, -0.15) is 0 Å². The maximum atomic E-state index is 12.2. The van der Waals surface area contributed by atoms with Gasteiger partial charge < -0.3 is 9.88 Å². The number of hydrogen-bond donors (Lipinski definition) is 1. The number of hydrogen-bond acceptors (Lipinski definition) is 5. The van der Waals surface area contributed by atoms with Crippen LogP contribution in [-0.4, -0.2) is 32.2 Å². The van der Waals surface area contributed by atoms with Crippen molar-refractivity contribution < 1.29 is 9.59 Å². The second-order valence-corrected chi connectivity index (χ2v) is 7.15. The first-order chi connectivity index (χ1) is 12.9. The molecule has 0 unspecified atom stereocenters. The number of carbonyl (C=O) groups excluding carboxylic acids is 2. The summed E-state index contributed by atoms with van der Waals surface area (Å²) in [5.41, 5.74) is 3.31. The first kappa shape index (κ1) is 18.8. The maximum absolute atomic E-state index is 12.2. The van der Waals surface area contributed by atoms with Gasteiger partial charge in [-0.15, -0.1) is 10.2 Å². The molecule has 0 saturated carbocycles. The molecule has 0 bridgehead atoms. The number of nitrogens with zero attached hydrogens (tertiary/aromatic N) is 3. The number of rotatable bonds is 6. The van der Waals surface area contributed by atoms with Crippen LogP contribution in [0.3, 0.4) is 0 Å². The van der Waals surface area contributed by atoms with Crippen LogP contribution in [0.25, 0.3) is 11.4 Å². The number of anilines is 1. The number of nitrogens with one attached hydrogen (secondary N) is 1. The number of ketones is 1. The monoisotopic (exact) mass is 380 g/mol. The van der Waals surface area contributed by atoms with Crippen molar-refractivity contribution in [3.63, 3.8) is 0 Å². The first-order valence-corrected chi connectivity index (χ1v) is 9.42. The second-order valence-electron chi connectivity index (χ2n) is 6.21. The van der Waals surface area contributed by atoms with E-state index in [1.165, 1.54) is 18.7 Å². The Bertz CT molecular complexity index is 997. The van der Waals surface area contributed by atoms with Crippen LogP contribution in [0.5, 0.6) is 0 Å². The zero-order chi connectivity index (χ0) is 19.4. The van der Waals surface area contributed by atoms with Gasteiger partial charge in [0.05, 0.1) is 5.75 Å². The molecule has 0 atom stereocenters. The number of amides is 1. The highest BCUT2D eigenvalue weighted by molar-refractivity contribution is 7.99. The van der Waals surface area contributed by atoms with Gasteiger partial charge in [0, 0.05) is 23.9 Å². The van der Waals surface area contributed by atoms with E-state index >= 15 is 0 Å². The Balaban J connectivity index is 1.64. The Morgan fingerprint density at radius 3 is 2.63 bits per heavy atom. The van der Waals surface area contributed by atoms with Crippen LogP contribution in [0.15, 0.2) is 53.7 Å². The zero-order valence-electron chi connectivity index (χ0n) is 15.4. The van der Waals surface area contributed by atoms with E-state index in [0.717, 1.165) is 17.0 Å². The number of aryl methyl sites for hydroxylation is 1. The molecule has 27 heavy (non-hydrogen) atoms. The summed E-state index contributed by atoms with van der Waals surface area (Å²) in [4.78, 5) is 23.7. The molecule has 3 rings (SSSR count).